The maximum atomic E-state index is 12.2. The number of hydrogen-bond acceptors (Lipinski definition) is 5. The number of ether oxygens (including phenoxy) is 2. The normalized spacial score (nSPS) is 10.3. The molecule has 0 atom stereocenters. The van der Waals surface area contributed by atoms with Gasteiger partial charge in [-0.05, 0) is 37.1 Å². The van der Waals surface area contributed by atoms with Crippen molar-refractivity contribution < 1.29 is 24.3 Å². The number of hydrogen-bond donors (Lipinski definition) is 2. The van der Waals surface area contributed by atoms with Crippen molar-refractivity contribution in [1.82, 2.24) is 5.48 Å². The fourth-order valence-electron chi connectivity index (χ4n) is 2.33. The van der Waals surface area contributed by atoms with E-state index in [1.165, 1.54) is 7.11 Å². The van der Waals surface area contributed by atoms with Gasteiger partial charge in [-0.3, -0.25) is 14.8 Å². The molecule has 134 valence electrons. The van der Waals surface area contributed by atoms with Gasteiger partial charge in [0.2, 0.25) is 5.91 Å². The molecule has 0 aliphatic rings. The van der Waals surface area contributed by atoms with Crippen LogP contribution in [-0.2, 0) is 14.3 Å². The Morgan fingerprint density at radius 3 is 2.33 bits per heavy atom. The number of anilines is 1. The minimum Gasteiger partial charge on any atom is -0.497 e. The van der Waals surface area contributed by atoms with Gasteiger partial charge in [0.15, 0.2) is 0 Å². The van der Waals surface area contributed by atoms with Crippen molar-refractivity contribution in [2.24, 2.45) is 0 Å². The molecular weight excluding hydrogens is 312 g/mol. The Labute approximate surface area is 142 Å². The number of nitrogens with one attached hydrogen (secondary N) is 1. The van der Waals surface area contributed by atoms with Gasteiger partial charge in [-0.15, -0.1) is 0 Å². The zero-order valence-electron chi connectivity index (χ0n) is 14.3. The van der Waals surface area contributed by atoms with Crippen molar-refractivity contribution in [2.75, 3.05) is 32.3 Å². The van der Waals surface area contributed by atoms with Crippen molar-refractivity contribution in [2.45, 2.75) is 32.1 Å². The zero-order valence-corrected chi connectivity index (χ0v) is 14.3. The second-order valence-corrected chi connectivity index (χ2v) is 5.38. The summed E-state index contributed by atoms with van der Waals surface area (Å²) in [6.45, 7) is 0.615. The number of methoxy groups -OCH3 is 2. The smallest absolute Gasteiger partial charge is 0.252 e. The molecule has 0 saturated carbocycles. The summed E-state index contributed by atoms with van der Waals surface area (Å²) in [5.74, 6) is 0.271. The van der Waals surface area contributed by atoms with E-state index in [-0.39, 0.29) is 18.4 Å². The first-order valence-corrected chi connectivity index (χ1v) is 7.98. The van der Waals surface area contributed by atoms with Gasteiger partial charge in [0, 0.05) is 25.8 Å². The average molecular weight is 338 g/mol. The van der Waals surface area contributed by atoms with E-state index in [0.717, 1.165) is 30.7 Å². The molecule has 2 N–H and O–H groups in total. The number of benzene rings is 1. The van der Waals surface area contributed by atoms with Crippen LogP contribution in [-0.4, -0.2) is 44.4 Å². The molecule has 1 aromatic carbocycles. The SMILES string of the molecule is COCC(=O)N(CCCCCCC(=O)NO)c1ccc(OC)cc1. The Balaban J connectivity index is 2.50. The maximum absolute atomic E-state index is 12.2. The molecule has 0 unspecified atom stereocenters. The molecule has 0 aliphatic carbocycles. The van der Waals surface area contributed by atoms with E-state index in [9.17, 15) is 9.59 Å². The fraction of sp³-hybridized carbons (Fsp3) is 0.529. The zero-order chi connectivity index (χ0) is 17.8. The first kappa shape index (κ1) is 19.9. The number of hydroxylamine groups is 1. The predicted octanol–water partition coefficient (Wildman–Crippen LogP) is 2.13. The molecule has 0 bridgehead atoms. The topological polar surface area (TPSA) is 88.1 Å². The Hall–Kier alpha value is -2.12. The van der Waals surface area contributed by atoms with Gasteiger partial charge in [0.1, 0.15) is 12.4 Å². The van der Waals surface area contributed by atoms with E-state index in [1.807, 2.05) is 24.3 Å². The van der Waals surface area contributed by atoms with Crippen LogP contribution in [0.2, 0.25) is 0 Å². The number of amides is 2. The van der Waals surface area contributed by atoms with Crippen molar-refractivity contribution >= 4 is 17.5 Å². The van der Waals surface area contributed by atoms with Gasteiger partial charge >= 0.3 is 0 Å². The monoisotopic (exact) mass is 338 g/mol. The van der Waals surface area contributed by atoms with Gasteiger partial charge in [-0.25, -0.2) is 5.48 Å². The average Bonchev–Trinajstić information content (AvgIpc) is 2.61. The summed E-state index contributed by atoms with van der Waals surface area (Å²) < 4.78 is 10.1. The molecule has 7 nitrogen and oxygen atoms in total. The van der Waals surface area contributed by atoms with Crippen LogP contribution < -0.4 is 15.1 Å². The Kier molecular flexibility index (Phi) is 9.48. The largest absolute Gasteiger partial charge is 0.497 e. The number of carbonyl (C=O) groups is 2. The number of unbranched alkanes of at least 4 members (excludes halogenated alkanes) is 3. The molecular formula is C17H26N2O5. The highest BCUT2D eigenvalue weighted by Crippen LogP contribution is 2.20. The first-order valence-electron chi connectivity index (χ1n) is 7.98. The van der Waals surface area contributed by atoms with E-state index in [0.29, 0.717) is 19.4 Å². The molecule has 0 spiro atoms. The highest BCUT2D eigenvalue weighted by atomic mass is 16.5. The standard InChI is InChI=1S/C17H26N2O5/c1-23-13-17(21)19(14-8-10-15(24-2)11-9-14)12-6-4-3-5-7-16(20)18-22/h8-11,22H,3-7,12-13H2,1-2H3,(H,18,20). The minimum atomic E-state index is -0.370. The number of rotatable bonds is 11. The Bertz CT molecular complexity index is 504. The van der Waals surface area contributed by atoms with Gasteiger partial charge < -0.3 is 14.4 Å². The molecule has 24 heavy (non-hydrogen) atoms. The molecule has 0 aromatic heterocycles. The van der Waals surface area contributed by atoms with Gasteiger partial charge in [-0.2, -0.15) is 0 Å². The van der Waals surface area contributed by atoms with E-state index < -0.39 is 0 Å². The Morgan fingerprint density at radius 2 is 1.75 bits per heavy atom. The number of nitrogens with zero attached hydrogens (tertiary/aromatic N) is 1. The van der Waals surface area contributed by atoms with Gasteiger partial charge in [0.05, 0.1) is 7.11 Å². The van der Waals surface area contributed by atoms with E-state index >= 15 is 0 Å². The van der Waals surface area contributed by atoms with Crippen LogP contribution in [0.15, 0.2) is 24.3 Å². The molecule has 1 aromatic rings. The maximum Gasteiger partial charge on any atom is 0.252 e. The first-order chi connectivity index (χ1) is 11.6. The summed E-state index contributed by atoms with van der Waals surface area (Å²) in [6, 6.07) is 7.32. The highest BCUT2D eigenvalue weighted by molar-refractivity contribution is 5.94. The fourth-order valence-corrected chi connectivity index (χ4v) is 2.33. The summed E-state index contributed by atoms with van der Waals surface area (Å²) in [4.78, 5) is 24.8. The second kappa shape index (κ2) is 11.4. The number of carbonyl (C=O) groups excluding carboxylic acids is 2. The summed E-state index contributed by atoms with van der Waals surface area (Å²) in [5, 5.41) is 8.42. The summed E-state index contributed by atoms with van der Waals surface area (Å²) in [6.07, 6.45) is 3.60. The van der Waals surface area contributed by atoms with Crippen molar-refractivity contribution in [1.29, 1.82) is 0 Å². The van der Waals surface area contributed by atoms with Crippen LogP contribution in [0, 0.1) is 0 Å². The molecule has 0 fully saturated rings. The predicted molar refractivity (Wildman–Crippen MR) is 90.2 cm³/mol. The highest BCUT2D eigenvalue weighted by Gasteiger charge is 2.15. The quantitative estimate of drug-likeness (QED) is 0.367. The van der Waals surface area contributed by atoms with Gasteiger partial charge in [-0.1, -0.05) is 12.8 Å². The third-order valence-corrected chi connectivity index (χ3v) is 3.61. The summed E-state index contributed by atoms with van der Waals surface area (Å²) >= 11 is 0. The molecule has 0 aliphatic heterocycles. The minimum absolute atomic E-state index is 0.0305. The lowest BCUT2D eigenvalue weighted by molar-refractivity contribution is -0.129. The van der Waals surface area contributed by atoms with Crippen LogP contribution in [0.5, 0.6) is 5.75 Å². The van der Waals surface area contributed by atoms with Crippen LogP contribution in [0.1, 0.15) is 32.1 Å². The van der Waals surface area contributed by atoms with Crippen LogP contribution >= 0.6 is 0 Å². The van der Waals surface area contributed by atoms with Crippen molar-refractivity contribution in [3.63, 3.8) is 0 Å². The second-order valence-electron chi connectivity index (χ2n) is 5.38. The lowest BCUT2D eigenvalue weighted by Gasteiger charge is -2.23. The van der Waals surface area contributed by atoms with Gasteiger partial charge in [0.25, 0.3) is 5.91 Å². The lowest BCUT2D eigenvalue weighted by atomic mass is 10.1. The van der Waals surface area contributed by atoms with E-state index in [1.54, 1.807) is 17.5 Å². The lowest BCUT2D eigenvalue weighted by Crippen LogP contribution is -2.34. The molecule has 0 radical (unpaired) electrons. The molecule has 0 heterocycles. The summed E-state index contributed by atoms with van der Waals surface area (Å²) in [7, 11) is 3.09. The molecule has 0 saturated heterocycles. The third-order valence-electron chi connectivity index (χ3n) is 3.61. The van der Waals surface area contributed by atoms with E-state index in [4.69, 9.17) is 14.7 Å². The van der Waals surface area contributed by atoms with Crippen molar-refractivity contribution in [3.8, 4) is 5.75 Å². The van der Waals surface area contributed by atoms with E-state index in [2.05, 4.69) is 0 Å². The van der Waals surface area contributed by atoms with Crippen LogP contribution in [0.4, 0.5) is 5.69 Å². The molecule has 7 heteroatoms. The molecule has 2 amide bonds. The Morgan fingerprint density at radius 1 is 1.08 bits per heavy atom. The molecule has 1 rings (SSSR count). The van der Waals surface area contributed by atoms with Crippen LogP contribution in [0.3, 0.4) is 0 Å². The van der Waals surface area contributed by atoms with Crippen LogP contribution in [0.25, 0.3) is 0 Å². The summed E-state index contributed by atoms with van der Waals surface area (Å²) in [5.41, 5.74) is 2.42. The van der Waals surface area contributed by atoms with Crippen molar-refractivity contribution in [3.05, 3.63) is 24.3 Å². The third kappa shape index (κ3) is 6.97.